The van der Waals surface area contributed by atoms with Gasteiger partial charge in [0, 0.05) is 31.9 Å². The number of nitrogens with one attached hydrogen (secondary N) is 2. The zero-order valence-electron chi connectivity index (χ0n) is 8.57. The number of aromatic nitrogens is 4. The Balaban J connectivity index is 2.02. The first-order valence-corrected chi connectivity index (χ1v) is 5.09. The second-order valence-corrected chi connectivity index (χ2v) is 3.82. The molecule has 2 aromatic rings. The van der Waals surface area contributed by atoms with Crippen molar-refractivity contribution >= 4 is 0 Å². The van der Waals surface area contributed by atoms with Gasteiger partial charge in [-0.2, -0.15) is 5.10 Å². The third kappa shape index (κ3) is 1.35. The van der Waals surface area contributed by atoms with Gasteiger partial charge in [0.2, 0.25) is 0 Å². The first-order chi connectivity index (χ1) is 7.34. The van der Waals surface area contributed by atoms with E-state index in [1.54, 1.807) is 6.33 Å². The van der Waals surface area contributed by atoms with Crippen LogP contribution in [0.15, 0.2) is 18.6 Å². The average molecular weight is 203 g/mol. The third-order valence-electron chi connectivity index (χ3n) is 2.78. The van der Waals surface area contributed by atoms with Crippen LogP contribution >= 0.6 is 0 Å². The second kappa shape index (κ2) is 3.20. The van der Waals surface area contributed by atoms with Gasteiger partial charge in [-0.15, -0.1) is 0 Å². The van der Waals surface area contributed by atoms with Crippen molar-refractivity contribution in [3.8, 4) is 0 Å². The Bertz CT molecular complexity index is 470. The fourth-order valence-electron chi connectivity index (χ4n) is 2.05. The molecule has 1 aliphatic heterocycles. The Morgan fingerprint density at radius 1 is 1.53 bits per heavy atom. The molecular weight excluding hydrogens is 190 g/mol. The smallest absolute Gasteiger partial charge is 0.0962 e. The predicted molar refractivity (Wildman–Crippen MR) is 55.3 cm³/mol. The maximum atomic E-state index is 4.41. The molecule has 3 rings (SSSR count). The van der Waals surface area contributed by atoms with E-state index in [2.05, 4.69) is 20.4 Å². The molecule has 3 heterocycles. The topological polar surface area (TPSA) is 58.5 Å². The molecule has 5 heteroatoms. The van der Waals surface area contributed by atoms with Crippen LogP contribution in [0.25, 0.3) is 0 Å². The summed E-state index contributed by atoms with van der Waals surface area (Å²) >= 11 is 0. The fraction of sp³-hybridized carbons (Fsp3) is 0.400. The average Bonchev–Trinajstić information content (AvgIpc) is 2.84. The van der Waals surface area contributed by atoms with Gasteiger partial charge >= 0.3 is 0 Å². The Hall–Kier alpha value is -1.62. The molecule has 0 bridgehead atoms. The number of hydrogen-bond donors (Lipinski definition) is 2. The minimum absolute atomic E-state index is 0.140. The van der Waals surface area contributed by atoms with Crippen LogP contribution in [0.2, 0.25) is 0 Å². The zero-order valence-corrected chi connectivity index (χ0v) is 8.57. The number of H-pyrrole nitrogens is 1. The summed E-state index contributed by atoms with van der Waals surface area (Å²) in [7, 11) is 1.93. The molecule has 1 aliphatic rings. The van der Waals surface area contributed by atoms with Crippen LogP contribution in [0.3, 0.4) is 0 Å². The highest BCUT2D eigenvalue weighted by atomic mass is 15.3. The molecule has 78 valence electrons. The number of hydrogen-bond acceptors (Lipinski definition) is 3. The standard InChI is InChI=1S/C10H13N5/c1-15-5-3-8(14-15)10-9-7(2-4-11-10)12-6-13-9/h3,5-6,10-11H,2,4H2,1H3,(H,12,13). The van der Waals surface area contributed by atoms with Crippen LogP contribution in [-0.2, 0) is 13.5 Å². The lowest BCUT2D eigenvalue weighted by Gasteiger charge is -2.21. The summed E-state index contributed by atoms with van der Waals surface area (Å²) in [6, 6.07) is 2.17. The fourth-order valence-corrected chi connectivity index (χ4v) is 2.05. The summed E-state index contributed by atoms with van der Waals surface area (Å²) in [5.41, 5.74) is 3.34. The molecule has 0 saturated heterocycles. The number of nitrogens with zero attached hydrogens (tertiary/aromatic N) is 3. The highest BCUT2D eigenvalue weighted by molar-refractivity contribution is 5.27. The van der Waals surface area contributed by atoms with E-state index >= 15 is 0 Å². The van der Waals surface area contributed by atoms with E-state index in [0.717, 1.165) is 24.4 Å². The second-order valence-electron chi connectivity index (χ2n) is 3.82. The van der Waals surface area contributed by atoms with Crippen LogP contribution < -0.4 is 5.32 Å². The number of fused-ring (bicyclic) bond motifs is 1. The van der Waals surface area contributed by atoms with Crippen molar-refractivity contribution in [1.82, 2.24) is 25.1 Å². The molecule has 0 aliphatic carbocycles. The molecule has 0 radical (unpaired) electrons. The first kappa shape index (κ1) is 8.67. The number of aromatic amines is 1. The molecule has 0 saturated carbocycles. The van der Waals surface area contributed by atoms with Crippen LogP contribution in [-0.4, -0.2) is 26.3 Å². The van der Waals surface area contributed by atoms with E-state index in [1.165, 1.54) is 5.69 Å². The van der Waals surface area contributed by atoms with Gasteiger partial charge in [0.15, 0.2) is 0 Å². The van der Waals surface area contributed by atoms with Gasteiger partial charge in [0.05, 0.1) is 23.8 Å². The van der Waals surface area contributed by atoms with Crippen molar-refractivity contribution in [2.24, 2.45) is 7.05 Å². The molecule has 0 amide bonds. The summed E-state index contributed by atoms with van der Waals surface area (Å²) in [5.74, 6) is 0. The van der Waals surface area contributed by atoms with Gasteiger partial charge in [0.1, 0.15) is 0 Å². The van der Waals surface area contributed by atoms with Gasteiger partial charge < -0.3 is 10.3 Å². The van der Waals surface area contributed by atoms with E-state index < -0.39 is 0 Å². The summed E-state index contributed by atoms with van der Waals surface area (Å²) in [4.78, 5) is 7.53. The lowest BCUT2D eigenvalue weighted by Crippen LogP contribution is -2.31. The first-order valence-electron chi connectivity index (χ1n) is 5.09. The minimum atomic E-state index is 0.140. The van der Waals surface area contributed by atoms with Crippen LogP contribution in [0.5, 0.6) is 0 Å². The number of imidazole rings is 1. The Labute approximate surface area is 87.5 Å². The molecule has 15 heavy (non-hydrogen) atoms. The van der Waals surface area contributed by atoms with Crippen molar-refractivity contribution in [2.45, 2.75) is 12.5 Å². The number of aryl methyl sites for hydroxylation is 1. The molecule has 1 atom stereocenters. The van der Waals surface area contributed by atoms with Crippen LogP contribution in [0, 0.1) is 0 Å². The Morgan fingerprint density at radius 3 is 3.27 bits per heavy atom. The molecule has 0 aromatic carbocycles. The third-order valence-corrected chi connectivity index (χ3v) is 2.78. The van der Waals surface area contributed by atoms with Crippen molar-refractivity contribution in [1.29, 1.82) is 0 Å². The lowest BCUT2D eigenvalue weighted by atomic mass is 10.0. The van der Waals surface area contributed by atoms with E-state index in [9.17, 15) is 0 Å². The largest absolute Gasteiger partial charge is 0.348 e. The van der Waals surface area contributed by atoms with Gasteiger partial charge in [-0.3, -0.25) is 4.68 Å². The van der Waals surface area contributed by atoms with E-state index in [1.807, 2.05) is 24.0 Å². The summed E-state index contributed by atoms with van der Waals surface area (Å²) < 4.78 is 1.82. The van der Waals surface area contributed by atoms with Crippen molar-refractivity contribution < 1.29 is 0 Å². The normalized spacial score (nSPS) is 20.2. The van der Waals surface area contributed by atoms with Gasteiger partial charge in [-0.25, -0.2) is 4.98 Å². The van der Waals surface area contributed by atoms with Crippen molar-refractivity contribution in [3.63, 3.8) is 0 Å². The molecule has 5 nitrogen and oxygen atoms in total. The summed E-state index contributed by atoms with van der Waals surface area (Å²) in [6.07, 6.45) is 4.73. The maximum absolute atomic E-state index is 4.41. The van der Waals surface area contributed by atoms with Crippen molar-refractivity contribution in [2.75, 3.05) is 6.54 Å². The summed E-state index contributed by atoms with van der Waals surface area (Å²) in [6.45, 7) is 0.969. The summed E-state index contributed by atoms with van der Waals surface area (Å²) in [5, 5.41) is 7.85. The SMILES string of the molecule is Cn1ccc(C2NCCc3[nH]cnc32)n1. The van der Waals surface area contributed by atoms with Crippen LogP contribution in [0.4, 0.5) is 0 Å². The van der Waals surface area contributed by atoms with Crippen LogP contribution in [0.1, 0.15) is 23.1 Å². The number of rotatable bonds is 1. The van der Waals surface area contributed by atoms with Gasteiger partial charge in [-0.05, 0) is 6.07 Å². The monoisotopic (exact) mass is 203 g/mol. The molecule has 1 unspecified atom stereocenters. The van der Waals surface area contributed by atoms with E-state index in [4.69, 9.17) is 0 Å². The molecular formula is C10H13N5. The van der Waals surface area contributed by atoms with Gasteiger partial charge in [-0.1, -0.05) is 0 Å². The minimum Gasteiger partial charge on any atom is -0.348 e. The molecule has 2 N–H and O–H groups in total. The van der Waals surface area contributed by atoms with E-state index in [0.29, 0.717) is 0 Å². The predicted octanol–water partition coefficient (Wildman–Crippen LogP) is 0.378. The maximum Gasteiger partial charge on any atom is 0.0962 e. The Morgan fingerprint density at radius 2 is 2.47 bits per heavy atom. The van der Waals surface area contributed by atoms with Crippen molar-refractivity contribution in [3.05, 3.63) is 35.7 Å². The lowest BCUT2D eigenvalue weighted by molar-refractivity contribution is 0.535. The molecule has 2 aromatic heterocycles. The molecule has 0 spiro atoms. The highest BCUT2D eigenvalue weighted by Crippen LogP contribution is 2.24. The highest BCUT2D eigenvalue weighted by Gasteiger charge is 2.25. The molecule has 0 fully saturated rings. The Kier molecular flexibility index (Phi) is 1.85. The van der Waals surface area contributed by atoms with Gasteiger partial charge in [0.25, 0.3) is 0 Å². The quantitative estimate of drug-likeness (QED) is 0.704. The van der Waals surface area contributed by atoms with E-state index in [-0.39, 0.29) is 6.04 Å². The zero-order chi connectivity index (χ0) is 10.3.